The Labute approximate surface area is 128 Å². The Morgan fingerprint density at radius 3 is 2.26 bits per heavy atom. The minimum absolute atomic E-state index is 0.290. The second-order valence-corrected chi connectivity index (χ2v) is 7.63. The largest absolute Gasteiger partial charge is 0.287 e. The lowest BCUT2D eigenvalue weighted by atomic mass is 10.1. The van der Waals surface area contributed by atoms with Crippen LogP contribution in [0.15, 0.2) is 0 Å². The van der Waals surface area contributed by atoms with Gasteiger partial charge in [-0.25, -0.2) is 0 Å². The third-order valence-corrected chi connectivity index (χ3v) is 5.86. The average Bonchev–Trinajstić information content (AvgIpc) is 2.44. The molecule has 0 aliphatic carbocycles. The van der Waals surface area contributed by atoms with Crippen molar-refractivity contribution >= 4 is 32.9 Å². The maximum atomic E-state index is 11.2. The predicted octanol–water partition coefficient (Wildman–Crippen LogP) is 5.80. The summed E-state index contributed by atoms with van der Waals surface area (Å²) in [4.78, 5) is 11.2. The zero-order valence-electron chi connectivity index (χ0n) is 13.0. The Bertz CT molecular complexity index is 239. The zero-order valence-corrected chi connectivity index (χ0v) is 14.7. The van der Waals surface area contributed by atoms with Crippen LogP contribution in [0.3, 0.4) is 0 Å². The van der Waals surface area contributed by atoms with Crippen LogP contribution in [0.2, 0.25) is 0 Å². The van der Waals surface area contributed by atoms with E-state index < -0.39 is 0 Å². The second kappa shape index (κ2) is 14.6. The summed E-state index contributed by atoms with van der Waals surface area (Å²) in [6, 6.07) is 0. The molecule has 0 aromatic rings. The van der Waals surface area contributed by atoms with Crippen LogP contribution in [-0.4, -0.2) is 15.1 Å². The SMILES string of the molecule is CCCCCCCCCC(CC)[SH]=CSC(=O)CC. The summed E-state index contributed by atoms with van der Waals surface area (Å²) in [6.45, 7) is 6.46. The molecule has 1 nitrogen and oxygen atoms in total. The fraction of sp³-hybridized carbons (Fsp3) is 0.875. The lowest BCUT2D eigenvalue weighted by Gasteiger charge is -2.09. The van der Waals surface area contributed by atoms with Gasteiger partial charge in [0, 0.05) is 6.42 Å². The van der Waals surface area contributed by atoms with Crippen LogP contribution < -0.4 is 0 Å². The van der Waals surface area contributed by atoms with E-state index >= 15 is 0 Å². The lowest BCUT2D eigenvalue weighted by molar-refractivity contribution is -0.110. The van der Waals surface area contributed by atoms with Crippen molar-refractivity contribution in [2.24, 2.45) is 0 Å². The van der Waals surface area contributed by atoms with E-state index in [0.717, 1.165) is 5.25 Å². The molecule has 0 heterocycles. The molecule has 0 amide bonds. The van der Waals surface area contributed by atoms with Gasteiger partial charge < -0.3 is 0 Å². The molecule has 1 atom stereocenters. The summed E-state index contributed by atoms with van der Waals surface area (Å²) in [5, 5.41) is 1.05. The highest BCUT2D eigenvalue weighted by Gasteiger charge is 2.02. The van der Waals surface area contributed by atoms with Crippen molar-refractivity contribution in [3.05, 3.63) is 0 Å². The molecule has 19 heavy (non-hydrogen) atoms. The number of rotatable bonds is 12. The number of thiol groups is 1. The van der Waals surface area contributed by atoms with Crippen molar-refractivity contribution in [3.63, 3.8) is 0 Å². The van der Waals surface area contributed by atoms with Crippen LogP contribution in [-0.2, 0) is 4.79 Å². The zero-order chi connectivity index (χ0) is 14.3. The molecule has 0 rings (SSSR count). The normalized spacial score (nSPS) is 13.4. The van der Waals surface area contributed by atoms with E-state index in [4.69, 9.17) is 0 Å². The van der Waals surface area contributed by atoms with E-state index in [0.29, 0.717) is 11.5 Å². The van der Waals surface area contributed by atoms with Gasteiger partial charge in [-0.2, -0.15) is 11.4 Å². The Balaban J connectivity index is 3.56. The van der Waals surface area contributed by atoms with Gasteiger partial charge >= 0.3 is 0 Å². The van der Waals surface area contributed by atoms with Crippen LogP contribution in [0.25, 0.3) is 0 Å². The highest BCUT2D eigenvalue weighted by molar-refractivity contribution is 8.33. The fourth-order valence-corrected chi connectivity index (χ4v) is 4.09. The van der Waals surface area contributed by atoms with Crippen LogP contribution >= 0.6 is 23.1 Å². The van der Waals surface area contributed by atoms with Gasteiger partial charge in [0.1, 0.15) is 0 Å². The molecular weight excluding hydrogens is 272 g/mol. The van der Waals surface area contributed by atoms with E-state index in [1.165, 1.54) is 80.9 Å². The topological polar surface area (TPSA) is 17.1 Å². The van der Waals surface area contributed by atoms with Crippen molar-refractivity contribution in [3.8, 4) is 0 Å². The first-order chi connectivity index (χ1) is 9.24. The Hall–Kier alpha value is 0.240. The lowest BCUT2D eigenvalue weighted by Crippen LogP contribution is -1.98. The number of carbonyl (C=O) groups is 1. The summed E-state index contributed by atoms with van der Waals surface area (Å²) in [5.74, 6) is 0. The van der Waals surface area contributed by atoms with E-state index in [1.54, 1.807) is 0 Å². The predicted molar refractivity (Wildman–Crippen MR) is 94.6 cm³/mol. The van der Waals surface area contributed by atoms with Crippen molar-refractivity contribution < 1.29 is 4.79 Å². The number of hydrogen-bond acceptors (Lipinski definition) is 2. The molecule has 0 saturated heterocycles. The monoisotopic (exact) mass is 304 g/mol. The van der Waals surface area contributed by atoms with Crippen LogP contribution in [0.5, 0.6) is 0 Å². The van der Waals surface area contributed by atoms with E-state index in [-0.39, 0.29) is 0 Å². The molecule has 0 spiro atoms. The molecule has 3 heteroatoms. The summed E-state index contributed by atoms with van der Waals surface area (Å²) in [6.07, 6.45) is 12.9. The molecule has 0 saturated carbocycles. The molecule has 0 aromatic carbocycles. The Kier molecular flexibility index (Phi) is 14.8. The average molecular weight is 305 g/mol. The van der Waals surface area contributed by atoms with Gasteiger partial charge in [0.2, 0.25) is 0 Å². The molecule has 0 aliphatic rings. The molecule has 0 bridgehead atoms. The van der Waals surface area contributed by atoms with Crippen molar-refractivity contribution in [1.29, 1.82) is 0 Å². The fourth-order valence-electron chi connectivity index (χ4n) is 1.98. The van der Waals surface area contributed by atoms with Gasteiger partial charge in [-0.3, -0.25) is 4.79 Å². The Morgan fingerprint density at radius 2 is 1.68 bits per heavy atom. The number of thioether (sulfide) groups is 1. The van der Waals surface area contributed by atoms with E-state index in [2.05, 4.69) is 18.5 Å². The van der Waals surface area contributed by atoms with Crippen molar-refractivity contribution in [1.82, 2.24) is 0 Å². The molecule has 0 N–H and O–H groups in total. The minimum Gasteiger partial charge on any atom is -0.287 e. The number of unbranched alkanes of at least 4 members (excludes halogenated alkanes) is 6. The number of carbonyl (C=O) groups excluding carboxylic acids is 1. The first-order valence-electron chi connectivity index (χ1n) is 7.95. The third kappa shape index (κ3) is 13.0. The highest BCUT2D eigenvalue weighted by atomic mass is 32.2. The van der Waals surface area contributed by atoms with Gasteiger partial charge in [0.05, 0.1) is 0 Å². The van der Waals surface area contributed by atoms with Crippen LogP contribution in [0, 0.1) is 0 Å². The van der Waals surface area contributed by atoms with Gasteiger partial charge in [-0.15, -0.1) is 0 Å². The quantitative estimate of drug-likeness (QED) is 0.279. The maximum Gasteiger partial charge on any atom is 0.193 e. The Morgan fingerprint density at radius 1 is 1.05 bits per heavy atom. The first kappa shape index (κ1) is 19.2. The molecule has 1 unspecified atom stereocenters. The van der Waals surface area contributed by atoms with Gasteiger partial charge in [0.15, 0.2) is 5.12 Å². The van der Waals surface area contributed by atoms with Crippen molar-refractivity contribution in [2.75, 3.05) is 0 Å². The van der Waals surface area contributed by atoms with Gasteiger partial charge in [-0.05, 0) is 22.8 Å². The van der Waals surface area contributed by atoms with Gasteiger partial charge in [-0.1, -0.05) is 77.5 Å². The van der Waals surface area contributed by atoms with Gasteiger partial charge in [0.25, 0.3) is 0 Å². The molecule has 0 radical (unpaired) electrons. The first-order valence-corrected chi connectivity index (χ1v) is 9.86. The second-order valence-electron chi connectivity index (χ2n) is 5.07. The summed E-state index contributed by atoms with van der Waals surface area (Å²) < 4.78 is 2.10. The van der Waals surface area contributed by atoms with Crippen LogP contribution in [0.4, 0.5) is 0 Å². The highest BCUT2D eigenvalue weighted by Crippen LogP contribution is 2.18. The van der Waals surface area contributed by atoms with E-state index in [9.17, 15) is 4.79 Å². The molecule has 0 aromatic heterocycles. The van der Waals surface area contributed by atoms with E-state index in [1.807, 2.05) is 6.92 Å². The molecular formula is C16H32OS2. The maximum absolute atomic E-state index is 11.2. The smallest absolute Gasteiger partial charge is 0.193 e. The summed E-state index contributed by atoms with van der Waals surface area (Å²) in [7, 11) is 0. The minimum atomic E-state index is 0.290. The van der Waals surface area contributed by atoms with Crippen molar-refractivity contribution in [2.45, 2.75) is 90.2 Å². The molecule has 114 valence electrons. The summed E-state index contributed by atoms with van der Waals surface area (Å²) >= 11 is 2.75. The molecule has 0 aliphatic heterocycles. The number of hydrogen-bond donors (Lipinski definition) is 1. The third-order valence-electron chi connectivity index (χ3n) is 3.36. The summed E-state index contributed by atoms with van der Waals surface area (Å²) in [5.41, 5.74) is 0. The standard InChI is InChI=1S/C16H32OS2/c1-4-7-8-9-10-11-12-13-15(5-2)18-14-19-16(17)6-3/h14-15,18H,4-13H2,1-3H3. The van der Waals surface area contributed by atoms with Crippen LogP contribution in [0.1, 0.15) is 85.0 Å². The molecule has 0 fully saturated rings.